The first kappa shape index (κ1) is 15.3. The van der Waals surface area contributed by atoms with Crippen LogP contribution in [-0.2, 0) is 0 Å². The number of likely N-dealkylation sites (tertiary alicyclic amines) is 1. The SMILES string of the molecule is CNCC1CCCN1CCOc1ccccc1.Cl. The Bertz CT molecular complexity index is 321. The second kappa shape index (κ2) is 8.35. The minimum absolute atomic E-state index is 0. The molecule has 0 aromatic heterocycles. The number of hydrogen-bond acceptors (Lipinski definition) is 3. The fourth-order valence-electron chi connectivity index (χ4n) is 2.45. The van der Waals surface area contributed by atoms with Crippen molar-refractivity contribution in [3.8, 4) is 5.75 Å². The summed E-state index contributed by atoms with van der Waals surface area (Å²) in [6.45, 7) is 4.11. The van der Waals surface area contributed by atoms with E-state index < -0.39 is 0 Å². The highest BCUT2D eigenvalue weighted by atomic mass is 35.5. The molecule has 1 aromatic rings. The van der Waals surface area contributed by atoms with E-state index in [2.05, 4.69) is 10.2 Å². The van der Waals surface area contributed by atoms with Gasteiger partial charge in [0.05, 0.1) is 0 Å². The maximum atomic E-state index is 5.73. The molecule has 1 saturated heterocycles. The molecule has 18 heavy (non-hydrogen) atoms. The molecule has 2 rings (SSSR count). The fourth-order valence-corrected chi connectivity index (χ4v) is 2.45. The van der Waals surface area contributed by atoms with E-state index in [1.165, 1.54) is 19.4 Å². The summed E-state index contributed by atoms with van der Waals surface area (Å²) in [7, 11) is 2.02. The predicted molar refractivity (Wildman–Crippen MR) is 77.7 cm³/mol. The summed E-state index contributed by atoms with van der Waals surface area (Å²) in [6.07, 6.45) is 2.63. The van der Waals surface area contributed by atoms with Crippen LogP contribution in [0.2, 0.25) is 0 Å². The van der Waals surface area contributed by atoms with Crippen LogP contribution in [0.5, 0.6) is 5.75 Å². The molecule has 1 heterocycles. The number of likely N-dealkylation sites (N-methyl/N-ethyl adjacent to an activating group) is 1. The molecule has 1 atom stereocenters. The van der Waals surface area contributed by atoms with E-state index in [-0.39, 0.29) is 12.4 Å². The van der Waals surface area contributed by atoms with Crippen molar-refractivity contribution < 1.29 is 4.74 Å². The van der Waals surface area contributed by atoms with Gasteiger partial charge < -0.3 is 10.1 Å². The molecule has 0 spiro atoms. The van der Waals surface area contributed by atoms with E-state index in [9.17, 15) is 0 Å². The van der Waals surface area contributed by atoms with Gasteiger partial charge in [0.25, 0.3) is 0 Å². The summed E-state index contributed by atoms with van der Waals surface area (Å²) >= 11 is 0. The summed E-state index contributed by atoms with van der Waals surface area (Å²) in [5.41, 5.74) is 0. The van der Waals surface area contributed by atoms with Crippen LogP contribution in [-0.4, -0.2) is 44.2 Å². The Hall–Kier alpha value is -0.770. The van der Waals surface area contributed by atoms with E-state index in [4.69, 9.17) is 4.74 Å². The van der Waals surface area contributed by atoms with Crippen LogP contribution >= 0.6 is 12.4 Å². The highest BCUT2D eigenvalue weighted by Crippen LogP contribution is 2.16. The maximum Gasteiger partial charge on any atom is 0.119 e. The first-order chi connectivity index (χ1) is 8.40. The van der Waals surface area contributed by atoms with Gasteiger partial charge >= 0.3 is 0 Å². The van der Waals surface area contributed by atoms with Gasteiger partial charge in [-0.3, -0.25) is 4.90 Å². The zero-order valence-corrected chi connectivity index (χ0v) is 11.8. The number of benzene rings is 1. The lowest BCUT2D eigenvalue weighted by atomic mass is 10.2. The van der Waals surface area contributed by atoms with Crippen molar-refractivity contribution in [2.75, 3.05) is 33.3 Å². The predicted octanol–water partition coefficient (Wildman–Crippen LogP) is 2.17. The molecule has 1 unspecified atom stereocenters. The van der Waals surface area contributed by atoms with Crippen molar-refractivity contribution in [3.63, 3.8) is 0 Å². The molecular formula is C14H23ClN2O. The van der Waals surface area contributed by atoms with Crippen LogP contribution in [0, 0.1) is 0 Å². The van der Waals surface area contributed by atoms with Crippen molar-refractivity contribution in [1.29, 1.82) is 0 Å². The molecule has 4 heteroatoms. The topological polar surface area (TPSA) is 24.5 Å². The molecule has 1 aromatic carbocycles. The van der Waals surface area contributed by atoms with Gasteiger partial charge in [-0.05, 0) is 38.6 Å². The van der Waals surface area contributed by atoms with Gasteiger partial charge in [-0.15, -0.1) is 12.4 Å². The van der Waals surface area contributed by atoms with Crippen LogP contribution in [0.15, 0.2) is 30.3 Å². The number of nitrogens with zero attached hydrogens (tertiary/aromatic N) is 1. The Morgan fingerprint density at radius 1 is 1.33 bits per heavy atom. The fraction of sp³-hybridized carbons (Fsp3) is 0.571. The van der Waals surface area contributed by atoms with Crippen LogP contribution in [0.3, 0.4) is 0 Å². The van der Waals surface area contributed by atoms with Gasteiger partial charge in [0.2, 0.25) is 0 Å². The van der Waals surface area contributed by atoms with Crippen molar-refractivity contribution in [2.45, 2.75) is 18.9 Å². The van der Waals surface area contributed by atoms with Crippen LogP contribution < -0.4 is 10.1 Å². The first-order valence-electron chi connectivity index (χ1n) is 6.46. The molecule has 102 valence electrons. The molecule has 0 amide bonds. The largest absolute Gasteiger partial charge is 0.492 e. The third kappa shape index (κ3) is 4.48. The molecule has 1 fully saturated rings. The number of halogens is 1. The zero-order chi connectivity index (χ0) is 11.9. The third-order valence-electron chi connectivity index (χ3n) is 3.33. The van der Waals surface area contributed by atoms with Crippen molar-refractivity contribution >= 4 is 12.4 Å². The van der Waals surface area contributed by atoms with E-state index in [0.29, 0.717) is 6.04 Å². The monoisotopic (exact) mass is 270 g/mol. The van der Waals surface area contributed by atoms with Gasteiger partial charge in [0.1, 0.15) is 12.4 Å². The van der Waals surface area contributed by atoms with E-state index in [1.807, 2.05) is 37.4 Å². The smallest absolute Gasteiger partial charge is 0.119 e. The van der Waals surface area contributed by atoms with E-state index in [1.54, 1.807) is 0 Å². The summed E-state index contributed by atoms with van der Waals surface area (Å²) in [5, 5.41) is 3.27. The quantitative estimate of drug-likeness (QED) is 0.858. The highest BCUT2D eigenvalue weighted by Gasteiger charge is 2.23. The minimum atomic E-state index is 0. The lowest BCUT2D eigenvalue weighted by molar-refractivity contribution is 0.195. The van der Waals surface area contributed by atoms with E-state index >= 15 is 0 Å². The van der Waals surface area contributed by atoms with Gasteiger partial charge in [-0.1, -0.05) is 18.2 Å². The Morgan fingerprint density at radius 2 is 2.11 bits per heavy atom. The lowest BCUT2D eigenvalue weighted by Gasteiger charge is -2.24. The second-order valence-electron chi connectivity index (χ2n) is 4.55. The second-order valence-corrected chi connectivity index (χ2v) is 4.55. The molecule has 1 aliphatic rings. The average molecular weight is 271 g/mol. The molecular weight excluding hydrogens is 248 g/mol. The normalized spacial score (nSPS) is 19.5. The third-order valence-corrected chi connectivity index (χ3v) is 3.33. The van der Waals surface area contributed by atoms with Crippen molar-refractivity contribution in [3.05, 3.63) is 30.3 Å². The van der Waals surface area contributed by atoms with E-state index in [0.717, 1.165) is 25.4 Å². The zero-order valence-electron chi connectivity index (χ0n) is 11.0. The number of para-hydroxylation sites is 1. The molecule has 1 aliphatic heterocycles. The Labute approximate surface area is 116 Å². The summed E-state index contributed by atoms with van der Waals surface area (Å²) in [4.78, 5) is 2.53. The number of rotatable bonds is 6. The van der Waals surface area contributed by atoms with Gasteiger partial charge in [-0.25, -0.2) is 0 Å². The molecule has 3 nitrogen and oxygen atoms in total. The molecule has 1 N–H and O–H groups in total. The maximum absolute atomic E-state index is 5.73. The standard InChI is InChI=1S/C14H22N2O.ClH/c1-15-12-13-6-5-9-16(13)10-11-17-14-7-3-2-4-8-14;/h2-4,7-8,13,15H,5-6,9-12H2,1H3;1H. The summed E-state index contributed by atoms with van der Waals surface area (Å²) in [6, 6.07) is 10.7. The average Bonchev–Trinajstić information content (AvgIpc) is 2.79. The van der Waals surface area contributed by atoms with Crippen molar-refractivity contribution in [2.24, 2.45) is 0 Å². The minimum Gasteiger partial charge on any atom is -0.492 e. The Morgan fingerprint density at radius 3 is 2.83 bits per heavy atom. The highest BCUT2D eigenvalue weighted by molar-refractivity contribution is 5.85. The number of ether oxygens (including phenoxy) is 1. The van der Waals surface area contributed by atoms with Crippen molar-refractivity contribution in [1.82, 2.24) is 10.2 Å². The molecule has 0 radical (unpaired) electrons. The van der Waals surface area contributed by atoms with Crippen LogP contribution in [0.4, 0.5) is 0 Å². The van der Waals surface area contributed by atoms with Gasteiger partial charge in [0.15, 0.2) is 0 Å². The van der Waals surface area contributed by atoms with Gasteiger partial charge in [-0.2, -0.15) is 0 Å². The summed E-state index contributed by atoms with van der Waals surface area (Å²) < 4.78 is 5.73. The molecule has 0 saturated carbocycles. The molecule has 0 aliphatic carbocycles. The first-order valence-corrected chi connectivity index (χ1v) is 6.46. The molecule has 0 bridgehead atoms. The Balaban J connectivity index is 0.00000162. The number of nitrogens with one attached hydrogen (secondary N) is 1. The number of hydrogen-bond donors (Lipinski definition) is 1. The summed E-state index contributed by atoms with van der Waals surface area (Å²) in [5.74, 6) is 0.969. The lowest BCUT2D eigenvalue weighted by Crippen LogP contribution is -2.38. The van der Waals surface area contributed by atoms with Crippen LogP contribution in [0.1, 0.15) is 12.8 Å². The van der Waals surface area contributed by atoms with Gasteiger partial charge in [0, 0.05) is 19.1 Å². The van der Waals surface area contributed by atoms with Crippen LogP contribution in [0.25, 0.3) is 0 Å². The Kier molecular flexibility index (Phi) is 7.09.